The predicted molar refractivity (Wildman–Crippen MR) is 115 cm³/mol. The number of hydrogen-bond donors (Lipinski definition) is 1. The Morgan fingerprint density at radius 2 is 1.93 bits per heavy atom. The molecule has 0 radical (unpaired) electrons. The summed E-state index contributed by atoms with van der Waals surface area (Å²) < 4.78 is 16.2. The second-order valence-corrected chi connectivity index (χ2v) is 7.97. The molecule has 1 heterocycles. The average Bonchev–Trinajstić information content (AvgIpc) is 3.10. The highest BCUT2D eigenvalue weighted by Gasteiger charge is 2.21. The summed E-state index contributed by atoms with van der Waals surface area (Å²) in [6.07, 6.45) is 1.91. The van der Waals surface area contributed by atoms with Gasteiger partial charge in [-0.2, -0.15) is 0 Å². The molecule has 5 nitrogen and oxygen atoms in total. The number of thioether (sulfide) groups is 1. The maximum Gasteiger partial charge on any atom is 0.230 e. The zero-order chi connectivity index (χ0) is 20.8. The van der Waals surface area contributed by atoms with Gasteiger partial charge in [0.05, 0.1) is 16.5 Å². The largest absolute Gasteiger partial charge is 0.353 e. The lowest BCUT2D eigenvalue weighted by molar-refractivity contribution is -0.119. The Morgan fingerprint density at radius 3 is 2.66 bits per heavy atom. The third kappa shape index (κ3) is 5.16. The van der Waals surface area contributed by atoms with Gasteiger partial charge >= 0.3 is 0 Å². The van der Waals surface area contributed by atoms with Crippen LogP contribution in [0.2, 0.25) is 5.02 Å². The van der Waals surface area contributed by atoms with Crippen LogP contribution in [-0.2, 0) is 4.79 Å². The van der Waals surface area contributed by atoms with Gasteiger partial charge in [0, 0.05) is 11.6 Å². The van der Waals surface area contributed by atoms with Crippen molar-refractivity contribution < 1.29 is 9.18 Å². The predicted octanol–water partition coefficient (Wildman–Crippen LogP) is 5.12. The molecule has 2 aromatic carbocycles. The molecule has 0 aliphatic rings. The molecule has 1 unspecified atom stereocenters. The van der Waals surface area contributed by atoms with E-state index in [0.717, 1.165) is 12.8 Å². The summed E-state index contributed by atoms with van der Waals surface area (Å²) in [4.78, 5) is 12.3. The van der Waals surface area contributed by atoms with Gasteiger partial charge < -0.3 is 5.32 Å². The van der Waals surface area contributed by atoms with E-state index in [-0.39, 0.29) is 17.7 Å². The summed E-state index contributed by atoms with van der Waals surface area (Å²) in [6.45, 7) is 4.05. The molecule has 0 spiro atoms. The minimum Gasteiger partial charge on any atom is -0.353 e. The van der Waals surface area contributed by atoms with E-state index in [1.54, 1.807) is 34.9 Å². The van der Waals surface area contributed by atoms with Crippen molar-refractivity contribution in [2.75, 3.05) is 5.75 Å². The highest BCUT2D eigenvalue weighted by Crippen LogP contribution is 2.32. The first-order valence-corrected chi connectivity index (χ1v) is 10.7. The number of benzene rings is 2. The summed E-state index contributed by atoms with van der Waals surface area (Å²) in [5.74, 6) is 0.0631. The number of aromatic nitrogens is 3. The fourth-order valence-electron chi connectivity index (χ4n) is 2.98. The van der Waals surface area contributed by atoms with Crippen molar-refractivity contribution in [2.45, 2.75) is 37.9 Å². The van der Waals surface area contributed by atoms with Gasteiger partial charge in [0.2, 0.25) is 5.91 Å². The Balaban J connectivity index is 1.93. The van der Waals surface area contributed by atoms with E-state index in [1.807, 2.05) is 19.1 Å². The van der Waals surface area contributed by atoms with Crippen LogP contribution in [-0.4, -0.2) is 32.5 Å². The lowest BCUT2D eigenvalue weighted by Crippen LogP contribution is -2.33. The number of halogens is 2. The topological polar surface area (TPSA) is 59.8 Å². The van der Waals surface area contributed by atoms with Crippen molar-refractivity contribution in [3.63, 3.8) is 0 Å². The van der Waals surface area contributed by atoms with Crippen molar-refractivity contribution in [3.05, 3.63) is 59.4 Å². The van der Waals surface area contributed by atoms with Gasteiger partial charge in [-0.1, -0.05) is 61.0 Å². The molecule has 3 rings (SSSR count). The molecule has 0 fully saturated rings. The summed E-state index contributed by atoms with van der Waals surface area (Å²) in [7, 11) is 0. The van der Waals surface area contributed by atoms with Gasteiger partial charge in [0.25, 0.3) is 0 Å². The van der Waals surface area contributed by atoms with E-state index in [2.05, 4.69) is 22.4 Å². The molecule has 1 amide bonds. The Kier molecular flexibility index (Phi) is 7.28. The van der Waals surface area contributed by atoms with E-state index in [0.29, 0.717) is 27.3 Å². The standard InChI is InChI=1S/C21H22ClFN4OS/c1-3-8-14(2)24-19(28)13-29-21-26-25-20(15-9-4-5-10-16(15)22)27(21)18-12-7-6-11-17(18)23/h4-7,9-12,14H,3,8,13H2,1-2H3,(H,24,28). The lowest BCUT2D eigenvalue weighted by atomic mass is 10.2. The highest BCUT2D eigenvalue weighted by molar-refractivity contribution is 7.99. The molecule has 0 saturated carbocycles. The van der Waals surface area contributed by atoms with Gasteiger partial charge in [0.1, 0.15) is 5.82 Å². The minimum atomic E-state index is -0.413. The Morgan fingerprint density at radius 1 is 1.21 bits per heavy atom. The van der Waals surface area contributed by atoms with Crippen LogP contribution < -0.4 is 5.32 Å². The number of carbonyl (C=O) groups excluding carboxylic acids is 1. The number of rotatable bonds is 8. The Labute approximate surface area is 178 Å². The van der Waals surface area contributed by atoms with Crippen LogP contribution >= 0.6 is 23.4 Å². The number of para-hydroxylation sites is 1. The fraction of sp³-hybridized carbons (Fsp3) is 0.286. The molecule has 1 aromatic heterocycles. The second-order valence-electron chi connectivity index (χ2n) is 6.62. The SMILES string of the molecule is CCCC(C)NC(=O)CSc1nnc(-c2ccccc2Cl)n1-c1ccccc1F. The molecule has 1 N–H and O–H groups in total. The number of amides is 1. The third-order valence-corrected chi connectivity index (χ3v) is 5.56. The van der Waals surface area contributed by atoms with Crippen LogP contribution in [0.25, 0.3) is 17.1 Å². The summed E-state index contributed by atoms with van der Waals surface area (Å²) in [5, 5.41) is 12.3. The molecular formula is C21H22ClFN4OS. The number of nitrogens with one attached hydrogen (secondary N) is 1. The summed E-state index contributed by atoms with van der Waals surface area (Å²) in [5.41, 5.74) is 0.937. The van der Waals surface area contributed by atoms with E-state index >= 15 is 0 Å². The fourth-order valence-corrected chi connectivity index (χ4v) is 3.96. The molecule has 3 aromatic rings. The van der Waals surface area contributed by atoms with Crippen molar-refractivity contribution in [3.8, 4) is 17.1 Å². The van der Waals surface area contributed by atoms with Crippen LogP contribution in [0.1, 0.15) is 26.7 Å². The quantitative estimate of drug-likeness (QED) is 0.501. The van der Waals surface area contributed by atoms with Gasteiger partial charge in [0.15, 0.2) is 11.0 Å². The molecular weight excluding hydrogens is 411 g/mol. The zero-order valence-corrected chi connectivity index (χ0v) is 17.8. The molecule has 29 heavy (non-hydrogen) atoms. The van der Waals surface area contributed by atoms with Crippen molar-refractivity contribution in [1.82, 2.24) is 20.1 Å². The van der Waals surface area contributed by atoms with Crippen molar-refractivity contribution in [1.29, 1.82) is 0 Å². The van der Waals surface area contributed by atoms with Gasteiger partial charge in [-0.25, -0.2) is 4.39 Å². The van der Waals surface area contributed by atoms with Crippen LogP contribution in [0.4, 0.5) is 4.39 Å². The van der Waals surface area contributed by atoms with Crippen molar-refractivity contribution in [2.24, 2.45) is 0 Å². The van der Waals surface area contributed by atoms with Crippen LogP contribution in [0.5, 0.6) is 0 Å². The highest BCUT2D eigenvalue weighted by atomic mass is 35.5. The third-order valence-electron chi connectivity index (χ3n) is 4.30. The summed E-state index contributed by atoms with van der Waals surface area (Å²) in [6, 6.07) is 13.7. The van der Waals surface area contributed by atoms with Gasteiger partial charge in [-0.15, -0.1) is 10.2 Å². The van der Waals surface area contributed by atoms with Crippen LogP contribution in [0.3, 0.4) is 0 Å². The molecule has 0 bridgehead atoms. The lowest BCUT2D eigenvalue weighted by Gasteiger charge is -2.13. The number of nitrogens with zero attached hydrogens (tertiary/aromatic N) is 3. The maximum absolute atomic E-state index is 14.6. The monoisotopic (exact) mass is 432 g/mol. The molecule has 0 aliphatic heterocycles. The molecule has 152 valence electrons. The minimum absolute atomic E-state index is 0.0988. The average molecular weight is 433 g/mol. The molecule has 0 saturated heterocycles. The second kappa shape index (κ2) is 9.89. The normalized spacial score (nSPS) is 12.0. The van der Waals surface area contributed by atoms with Crippen molar-refractivity contribution >= 4 is 29.3 Å². The van der Waals surface area contributed by atoms with Crippen LogP contribution in [0.15, 0.2) is 53.7 Å². The summed E-state index contributed by atoms with van der Waals surface area (Å²) >= 11 is 7.54. The number of carbonyl (C=O) groups is 1. The van der Waals surface area contributed by atoms with E-state index in [1.165, 1.54) is 17.8 Å². The Bertz CT molecular complexity index is 994. The maximum atomic E-state index is 14.6. The smallest absolute Gasteiger partial charge is 0.230 e. The van der Waals surface area contributed by atoms with E-state index in [9.17, 15) is 9.18 Å². The molecule has 1 atom stereocenters. The number of hydrogen-bond acceptors (Lipinski definition) is 4. The van der Waals surface area contributed by atoms with Crippen LogP contribution in [0, 0.1) is 5.82 Å². The first-order valence-electron chi connectivity index (χ1n) is 9.38. The first kappa shape index (κ1) is 21.3. The molecule has 8 heteroatoms. The van der Waals surface area contributed by atoms with E-state index in [4.69, 9.17) is 11.6 Å². The zero-order valence-electron chi connectivity index (χ0n) is 16.2. The van der Waals surface area contributed by atoms with Gasteiger partial charge in [-0.3, -0.25) is 9.36 Å². The van der Waals surface area contributed by atoms with Gasteiger partial charge in [-0.05, 0) is 37.6 Å². The first-order chi connectivity index (χ1) is 14.0. The molecule has 0 aliphatic carbocycles. The Hall–Kier alpha value is -2.38. The van der Waals surface area contributed by atoms with E-state index < -0.39 is 5.82 Å².